The Morgan fingerprint density at radius 3 is 2.48 bits per heavy atom. The lowest BCUT2D eigenvalue weighted by atomic mass is 9.81. The van der Waals surface area contributed by atoms with Crippen molar-refractivity contribution in [2.45, 2.75) is 96.7 Å². The molecule has 1 aliphatic rings. The minimum absolute atomic E-state index is 0.0154. The van der Waals surface area contributed by atoms with Crippen LogP contribution in [0.1, 0.15) is 86.8 Å². The molecule has 1 fully saturated rings. The van der Waals surface area contributed by atoms with Gasteiger partial charge in [-0.05, 0) is 61.8 Å². The van der Waals surface area contributed by atoms with Gasteiger partial charge in [0.25, 0.3) is 5.91 Å². The van der Waals surface area contributed by atoms with Gasteiger partial charge in [0.05, 0.1) is 12.1 Å². The fourth-order valence-electron chi connectivity index (χ4n) is 5.29. The topological polar surface area (TPSA) is 130 Å². The van der Waals surface area contributed by atoms with Crippen molar-refractivity contribution in [3.63, 3.8) is 0 Å². The molecule has 40 heavy (non-hydrogen) atoms. The number of hydrogen-bond donors (Lipinski definition) is 3. The lowest BCUT2D eigenvalue weighted by Gasteiger charge is -2.30. The number of aliphatic hydroxyl groups excluding tert-OH is 1. The van der Waals surface area contributed by atoms with Gasteiger partial charge in [0, 0.05) is 38.6 Å². The molecule has 0 saturated heterocycles. The number of amides is 2. The maximum Gasteiger partial charge on any atom is 0.270 e. The molecule has 1 saturated carbocycles. The van der Waals surface area contributed by atoms with Gasteiger partial charge >= 0.3 is 0 Å². The number of benzene rings is 1. The first-order valence-electron chi connectivity index (χ1n) is 14.3. The molecule has 3 rings (SSSR count). The van der Waals surface area contributed by atoms with E-state index in [4.69, 9.17) is 5.11 Å². The van der Waals surface area contributed by atoms with Gasteiger partial charge in [-0.15, -0.1) is 0 Å². The number of carbonyl (C=O) groups excluding carboxylic acids is 4. The summed E-state index contributed by atoms with van der Waals surface area (Å²) in [5.41, 5.74) is 1.10. The Kier molecular flexibility index (Phi) is 12.0. The van der Waals surface area contributed by atoms with Gasteiger partial charge < -0.3 is 15.7 Å². The lowest BCUT2D eigenvalue weighted by Crippen LogP contribution is -2.47. The molecule has 0 bridgehead atoms. The number of Topliss-reactive ketones (excluding diaryl/α,β-unsaturated/α-hetero) is 2. The number of ketones is 2. The second-order valence-electron chi connectivity index (χ2n) is 10.4. The minimum Gasteiger partial charge on any atom is -0.396 e. The fourth-order valence-corrected chi connectivity index (χ4v) is 5.29. The number of rotatable bonds is 15. The van der Waals surface area contributed by atoms with Crippen molar-refractivity contribution in [1.29, 1.82) is 0 Å². The van der Waals surface area contributed by atoms with E-state index in [-0.39, 0.29) is 73.6 Å². The number of carbonyl (C=O) groups is 4. The summed E-state index contributed by atoms with van der Waals surface area (Å²) >= 11 is 0. The maximum atomic E-state index is 15.2. The van der Waals surface area contributed by atoms with Crippen LogP contribution in [0, 0.1) is 11.7 Å². The first kappa shape index (κ1) is 31.1. The van der Waals surface area contributed by atoms with E-state index < -0.39 is 17.9 Å². The number of aromatic nitrogens is 2. The van der Waals surface area contributed by atoms with Crippen LogP contribution in [0.15, 0.2) is 30.5 Å². The van der Waals surface area contributed by atoms with Crippen LogP contribution < -0.4 is 10.6 Å². The first-order valence-corrected chi connectivity index (χ1v) is 14.3. The fraction of sp³-hybridized carbons (Fsp3) is 0.567. The van der Waals surface area contributed by atoms with Crippen LogP contribution in [-0.4, -0.2) is 57.0 Å². The third-order valence-corrected chi connectivity index (χ3v) is 7.55. The standard InChI is InChI=1S/C30H41FN4O5/c1-3-28(39)33-24(26(37)11-8-16-36)18-20-12-13-22(23(31)17-20)19-27(38)29(21-9-6-5-7-10-21)34-30(40)25-14-15-32-35(25)4-2/h12-15,17,21,24,29,36H,3-11,16,18-19H2,1-2H3,(H,33,39)(H,34,40)/t24-,29+/m1/s1. The number of aliphatic hydroxyl groups is 1. The predicted octanol–water partition coefficient (Wildman–Crippen LogP) is 3.31. The molecule has 0 spiro atoms. The molecule has 1 heterocycles. The predicted molar refractivity (Wildman–Crippen MR) is 148 cm³/mol. The van der Waals surface area contributed by atoms with Gasteiger partial charge in [-0.2, -0.15) is 5.10 Å². The SMILES string of the molecule is CCC(=O)N[C@H](Cc1ccc(CC(=O)[C@@H](NC(=O)c2ccnn2CC)C2CCCCC2)c(F)c1)C(=O)CCCO. The molecule has 1 aromatic carbocycles. The smallest absolute Gasteiger partial charge is 0.270 e. The normalized spacial score (nSPS) is 15.3. The lowest BCUT2D eigenvalue weighted by molar-refractivity contribution is -0.127. The summed E-state index contributed by atoms with van der Waals surface area (Å²) in [6.07, 6.45) is 6.76. The van der Waals surface area contributed by atoms with Gasteiger partial charge in [0.2, 0.25) is 5.91 Å². The first-order chi connectivity index (χ1) is 19.3. The Balaban J connectivity index is 1.74. The Bertz CT molecular complexity index is 1170. The second-order valence-corrected chi connectivity index (χ2v) is 10.4. The molecule has 2 amide bonds. The summed E-state index contributed by atoms with van der Waals surface area (Å²) in [5, 5.41) is 18.8. The zero-order valence-corrected chi connectivity index (χ0v) is 23.5. The molecule has 0 unspecified atom stereocenters. The summed E-state index contributed by atoms with van der Waals surface area (Å²) in [5.74, 6) is -1.73. The molecule has 1 aromatic heterocycles. The van der Waals surface area contributed by atoms with E-state index in [1.54, 1.807) is 29.9 Å². The van der Waals surface area contributed by atoms with Crippen LogP contribution in [0.2, 0.25) is 0 Å². The Morgan fingerprint density at radius 1 is 1.07 bits per heavy atom. The summed E-state index contributed by atoms with van der Waals surface area (Å²) in [6, 6.07) is 4.54. The summed E-state index contributed by atoms with van der Waals surface area (Å²) < 4.78 is 16.8. The third kappa shape index (κ3) is 8.55. The number of aryl methyl sites for hydroxylation is 1. The Morgan fingerprint density at radius 2 is 1.82 bits per heavy atom. The molecular weight excluding hydrogens is 515 g/mol. The highest BCUT2D eigenvalue weighted by atomic mass is 19.1. The minimum atomic E-state index is -0.826. The molecule has 9 nitrogen and oxygen atoms in total. The van der Waals surface area contributed by atoms with Crippen molar-refractivity contribution in [1.82, 2.24) is 20.4 Å². The molecule has 10 heteroatoms. The maximum absolute atomic E-state index is 15.2. The average molecular weight is 557 g/mol. The van der Waals surface area contributed by atoms with Crippen LogP contribution in [0.3, 0.4) is 0 Å². The van der Waals surface area contributed by atoms with Gasteiger partial charge in [-0.3, -0.25) is 23.9 Å². The zero-order valence-electron chi connectivity index (χ0n) is 23.5. The van der Waals surface area contributed by atoms with Crippen molar-refractivity contribution < 1.29 is 28.7 Å². The van der Waals surface area contributed by atoms with Crippen molar-refractivity contribution in [2.75, 3.05) is 6.61 Å². The molecule has 3 N–H and O–H groups in total. The molecule has 218 valence electrons. The summed E-state index contributed by atoms with van der Waals surface area (Å²) in [4.78, 5) is 51.1. The number of hydrogen-bond acceptors (Lipinski definition) is 6. The molecule has 2 aromatic rings. The highest BCUT2D eigenvalue weighted by molar-refractivity contribution is 5.97. The van der Waals surface area contributed by atoms with Crippen molar-refractivity contribution >= 4 is 23.4 Å². The van der Waals surface area contributed by atoms with E-state index in [2.05, 4.69) is 15.7 Å². The van der Waals surface area contributed by atoms with Crippen LogP contribution >= 0.6 is 0 Å². The molecule has 1 aliphatic carbocycles. The number of halogens is 1. The van der Waals surface area contributed by atoms with Crippen molar-refractivity contribution in [3.05, 3.63) is 53.1 Å². The summed E-state index contributed by atoms with van der Waals surface area (Å²) in [6.45, 7) is 3.94. The Hall–Kier alpha value is -3.40. The largest absolute Gasteiger partial charge is 0.396 e. The van der Waals surface area contributed by atoms with Crippen molar-refractivity contribution in [2.24, 2.45) is 5.92 Å². The van der Waals surface area contributed by atoms with Crippen LogP contribution in [0.25, 0.3) is 0 Å². The van der Waals surface area contributed by atoms with E-state index in [1.165, 1.54) is 12.1 Å². The van der Waals surface area contributed by atoms with Crippen LogP contribution in [0.5, 0.6) is 0 Å². The molecule has 2 atom stereocenters. The molecular formula is C30H41FN4O5. The number of nitrogens with one attached hydrogen (secondary N) is 2. The number of nitrogens with zero attached hydrogens (tertiary/aromatic N) is 2. The average Bonchev–Trinajstić information content (AvgIpc) is 3.45. The highest BCUT2D eigenvalue weighted by Gasteiger charge is 2.32. The van der Waals surface area contributed by atoms with Crippen molar-refractivity contribution in [3.8, 4) is 0 Å². The van der Waals surface area contributed by atoms with E-state index >= 15 is 4.39 Å². The van der Waals surface area contributed by atoms with Crippen LogP contribution in [0.4, 0.5) is 4.39 Å². The summed E-state index contributed by atoms with van der Waals surface area (Å²) in [7, 11) is 0. The zero-order chi connectivity index (χ0) is 29.1. The highest BCUT2D eigenvalue weighted by Crippen LogP contribution is 2.28. The van der Waals surface area contributed by atoms with Gasteiger partial charge in [0.15, 0.2) is 11.6 Å². The van der Waals surface area contributed by atoms with Gasteiger partial charge in [0.1, 0.15) is 11.5 Å². The monoisotopic (exact) mass is 556 g/mol. The van der Waals surface area contributed by atoms with Gasteiger partial charge in [-0.25, -0.2) is 4.39 Å². The van der Waals surface area contributed by atoms with E-state index in [9.17, 15) is 19.2 Å². The van der Waals surface area contributed by atoms with E-state index in [0.717, 1.165) is 32.1 Å². The van der Waals surface area contributed by atoms with E-state index in [1.807, 2.05) is 6.92 Å². The van der Waals surface area contributed by atoms with Crippen LogP contribution in [-0.2, 0) is 33.8 Å². The molecule has 0 aliphatic heterocycles. The van der Waals surface area contributed by atoms with E-state index in [0.29, 0.717) is 17.8 Å². The second kappa shape index (κ2) is 15.4. The third-order valence-electron chi connectivity index (χ3n) is 7.55. The Labute approximate surface area is 234 Å². The van der Waals surface area contributed by atoms with Gasteiger partial charge in [-0.1, -0.05) is 38.3 Å². The quantitative estimate of drug-likeness (QED) is 0.309. The molecule has 0 radical (unpaired) electrons.